The van der Waals surface area contributed by atoms with Gasteiger partial charge in [-0.1, -0.05) is 19.3 Å². The Hall–Kier alpha value is -2.11. The molecule has 1 N–H and O–H groups in total. The Bertz CT molecular complexity index is 640. The maximum Gasteiger partial charge on any atom is 0.282 e. The van der Waals surface area contributed by atoms with E-state index in [1.54, 1.807) is 30.2 Å². The summed E-state index contributed by atoms with van der Waals surface area (Å²) in [7, 11) is 0. The molecule has 1 saturated carbocycles. The fourth-order valence-corrected chi connectivity index (χ4v) is 3.42. The van der Waals surface area contributed by atoms with Gasteiger partial charge >= 0.3 is 0 Å². The van der Waals surface area contributed by atoms with Gasteiger partial charge in [-0.25, -0.2) is 4.98 Å². The van der Waals surface area contributed by atoms with Gasteiger partial charge in [0.1, 0.15) is 0 Å². The van der Waals surface area contributed by atoms with Gasteiger partial charge < -0.3 is 10.1 Å². The van der Waals surface area contributed by atoms with Crippen LogP contribution < -0.4 is 15.0 Å². The number of nitrogens with zero attached hydrogens (tertiary/aromatic N) is 2. The molecule has 2 heterocycles. The summed E-state index contributed by atoms with van der Waals surface area (Å²) in [5.74, 6) is 0.212. The molecule has 6 heteroatoms. The van der Waals surface area contributed by atoms with E-state index in [4.69, 9.17) is 4.74 Å². The first-order valence-corrected chi connectivity index (χ1v) is 8.72. The standard InChI is InChI=1S/C18H25N3O3/c1-12(2)21-15-14(10-7-11-19-15)24-18(3,17(21)23)16(22)20-13-8-5-4-6-9-13/h7,10-13H,4-6,8-9H2,1-3H3,(H,20,22)/t18-/m1/s1. The molecular formula is C18H25N3O3. The maximum atomic E-state index is 13.0. The first kappa shape index (κ1) is 16.7. The molecule has 2 amide bonds. The van der Waals surface area contributed by atoms with Crippen LogP contribution >= 0.6 is 0 Å². The van der Waals surface area contributed by atoms with Crippen molar-refractivity contribution in [3.8, 4) is 5.75 Å². The lowest BCUT2D eigenvalue weighted by Gasteiger charge is -2.41. The zero-order valence-electron chi connectivity index (χ0n) is 14.5. The summed E-state index contributed by atoms with van der Waals surface area (Å²) in [5.41, 5.74) is -1.56. The van der Waals surface area contributed by atoms with E-state index in [2.05, 4.69) is 10.3 Å². The molecule has 1 aliphatic heterocycles. The first-order valence-electron chi connectivity index (χ1n) is 8.72. The van der Waals surface area contributed by atoms with E-state index in [1.165, 1.54) is 6.42 Å². The Balaban J connectivity index is 1.89. The predicted octanol–water partition coefficient (Wildman–Crippen LogP) is 2.42. The van der Waals surface area contributed by atoms with Crippen molar-refractivity contribution in [2.24, 2.45) is 0 Å². The van der Waals surface area contributed by atoms with Gasteiger partial charge in [-0.05, 0) is 45.7 Å². The number of aromatic nitrogens is 1. The highest BCUT2D eigenvalue weighted by molar-refractivity contribution is 6.16. The lowest BCUT2D eigenvalue weighted by Crippen LogP contribution is -2.64. The minimum atomic E-state index is -1.56. The lowest BCUT2D eigenvalue weighted by atomic mass is 9.93. The van der Waals surface area contributed by atoms with Crippen LogP contribution in [-0.4, -0.2) is 34.5 Å². The fourth-order valence-electron chi connectivity index (χ4n) is 3.42. The van der Waals surface area contributed by atoms with Crippen molar-refractivity contribution < 1.29 is 14.3 Å². The van der Waals surface area contributed by atoms with Crippen molar-refractivity contribution in [3.63, 3.8) is 0 Å². The molecule has 1 fully saturated rings. The molecule has 130 valence electrons. The van der Waals surface area contributed by atoms with Crippen LogP contribution in [0.5, 0.6) is 5.75 Å². The number of fused-ring (bicyclic) bond motifs is 1. The maximum absolute atomic E-state index is 13.0. The molecule has 6 nitrogen and oxygen atoms in total. The number of carbonyl (C=O) groups is 2. The second-order valence-corrected chi connectivity index (χ2v) is 7.04. The normalized spacial score (nSPS) is 24.5. The number of rotatable bonds is 3. The molecule has 1 aromatic rings. The van der Waals surface area contributed by atoms with E-state index in [-0.39, 0.29) is 23.9 Å². The molecule has 0 spiro atoms. The van der Waals surface area contributed by atoms with Crippen molar-refractivity contribution in [2.45, 2.75) is 70.6 Å². The van der Waals surface area contributed by atoms with Crippen molar-refractivity contribution in [2.75, 3.05) is 4.90 Å². The SMILES string of the molecule is CC(C)N1C(=O)[C@@](C)(C(=O)NC2CCCCC2)Oc2cccnc21. The smallest absolute Gasteiger partial charge is 0.282 e. The van der Waals surface area contributed by atoms with Gasteiger partial charge in [-0.3, -0.25) is 14.5 Å². The summed E-state index contributed by atoms with van der Waals surface area (Å²) in [6.45, 7) is 5.36. The number of carbonyl (C=O) groups excluding carboxylic acids is 2. The van der Waals surface area contributed by atoms with Crippen LogP contribution in [0.4, 0.5) is 5.82 Å². The Morgan fingerprint density at radius 1 is 1.38 bits per heavy atom. The molecule has 1 aromatic heterocycles. The number of ether oxygens (including phenoxy) is 1. The number of anilines is 1. The lowest BCUT2D eigenvalue weighted by molar-refractivity contribution is -0.149. The van der Waals surface area contributed by atoms with Gasteiger partial charge in [0.15, 0.2) is 11.6 Å². The van der Waals surface area contributed by atoms with Crippen molar-refractivity contribution in [1.82, 2.24) is 10.3 Å². The quantitative estimate of drug-likeness (QED) is 0.864. The average molecular weight is 331 g/mol. The van der Waals surface area contributed by atoms with E-state index < -0.39 is 5.60 Å². The van der Waals surface area contributed by atoms with Gasteiger partial charge in [0.2, 0.25) is 0 Å². The van der Waals surface area contributed by atoms with Crippen molar-refractivity contribution >= 4 is 17.6 Å². The molecule has 0 radical (unpaired) electrons. The summed E-state index contributed by atoms with van der Waals surface area (Å²) in [6, 6.07) is 3.50. The molecule has 2 aliphatic rings. The highest BCUT2D eigenvalue weighted by Crippen LogP contribution is 2.37. The van der Waals surface area contributed by atoms with E-state index >= 15 is 0 Å². The minimum Gasteiger partial charge on any atom is -0.464 e. The Morgan fingerprint density at radius 2 is 2.08 bits per heavy atom. The second-order valence-electron chi connectivity index (χ2n) is 7.04. The van der Waals surface area contributed by atoms with Crippen molar-refractivity contribution in [1.29, 1.82) is 0 Å². The number of hydrogen-bond acceptors (Lipinski definition) is 4. The molecule has 0 unspecified atom stereocenters. The van der Waals surface area contributed by atoms with Crippen LogP contribution in [0.15, 0.2) is 18.3 Å². The Kier molecular flexibility index (Phi) is 4.47. The van der Waals surface area contributed by atoms with Gasteiger partial charge in [0, 0.05) is 18.3 Å². The van der Waals surface area contributed by atoms with Crippen molar-refractivity contribution in [3.05, 3.63) is 18.3 Å². The summed E-state index contributed by atoms with van der Waals surface area (Å²) < 4.78 is 5.85. The second kappa shape index (κ2) is 6.42. The molecule has 1 aliphatic carbocycles. The topological polar surface area (TPSA) is 71.5 Å². The van der Waals surface area contributed by atoms with Crippen LogP contribution in [0.3, 0.4) is 0 Å². The van der Waals surface area contributed by atoms with Crippen LogP contribution in [-0.2, 0) is 9.59 Å². The van der Waals surface area contributed by atoms with E-state index in [0.29, 0.717) is 11.6 Å². The van der Waals surface area contributed by atoms with Gasteiger partial charge in [-0.2, -0.15) is 0 Å². The Morgan fingerprint density at radius 3 is 2.75 bits per heavy atom. The third-order valence-corrected chi connectivity index (χ3v) is 4.81. The van der Waals surface area contributed by atoms with Crippen LogP contribution in [0.2, 0.25) is 0 Å². The molecule has 24 heavy (non-hydrogen) atoms. The molecule has 1 atom stereocenters. The molecule has 0 bridgehead atoms. The number of pyridine rings is 1. The zero-order valence-corrected chi connectivity index (χ0v) is 14.5. The fraction of sp³-hybridized carbons (Fsp3) is 0.611. The first-order chi connectivity index (χ1) is 11.4. The van der Waals surface area contributed by atoms with Gasteiger partial charge in [-0.15, -0.1) is 0 Å². The van der Waals surface area contributed by atoms with Gasteiger partial charge in [0.05, 0.1) is 0 Å². The predicted molar refractivity (Wildman–Crippen MR) is 90.9 cm³/mol. The van der Waals surface area contributed by atoms with Crippen LogP contribution in [0, 0.1) is 0 Å². The molecule has 0 aromatic carbocycles. The van der Waals surface area contributed by atoms with Crippen LogP contribution in [0.1, 0.15) is 52.9 Å². The number of amides is 2. The molecule has 3 rings (SSSR count). The van der Waals surface area contributed by atoms with E-state index in [1.807, 2.05) is 13.8 Å². The molecule has 0 saturated heterocycles. The highest BCUT2D eigenvalue weighted by atomic mass is 16.5. The van der Waals surface area contributed by atoms with Crippen LogP contribution in [0.25, 0.3) is 0 Å². The summed E-state index contributed by atoms with van der Waals surface area (Å²) in [6.07, 6.45) is 6.97. The van der Waals surface area contributed by atoms with E-state index in [0.717, 1.165) is 25.7 Å². The third-order valence-electron chi connectivity index (χ3n) is 4.81. The summed E-state index contributed by atoms with van der Waals surface area (Å²) in [5, 5.41) is 3.02. The van der Waals surface area contributed by atoms with E-state index in [9.17, 15) is 9.59 Å². The highest BCUT2D eigenvalue weighted by Gasteiger charge is 2.52. The molecular weight excluding hydrogens is 306 g/mol. The zero-order chi connectivity index (χ0) is 17.3. The monoisotopic (exact) mass is 331 g/mol. The largest absolute Gasteiger partial charge is 0.464 e. The average Bonchev–Trinajstić information content (AvgIpc) is 2.56. The summed E-state index contributed by atoms with van der Waals surface area (Å²) in [4.78, 5) is 31.7. The Labute approximate surface area is 142 Å². The summed E-state index contributed by atoms with van der Waals surface area (Å²) >= 11 is 0. The number of hydrogen-bond donors (Lipinski definition) is 1. The van der Waals surface area contributed by atoms with Gasteiger partial charge in [0.25, 0.3) is 17.4 Å². The third kappa shape index (κ3) is 2.85. The number of nitrogens with one attached hydrogen (secondary N) is 1. The minimum absolute atomic E-state index is 0.114.